The fourth-order valence-corrected chi connectivity index (χ4v) is 5.06. The van der Waals surface area contributed by atoms with E-state index in [0.29, 0.717) is 49.9 Å². The molecule has 1 aliphatic rings. The van der Waals surface area contributed by atoms with Crippen molar-refractivity contribution in [1.82, 2.24) is 15.2 Å². The molecule has 1 aromatic heterocycles. The van der Waals surface area contributed by atoms with Crippen LogP contribution in [-0.2, 0) is 6.18 Å². The third-order valence-corrected chi connectivity index (χ3v) is 7.63. The molecular weight excluding hydrogens is 568 g/mol. The van der Waals surface area contributed by atoms with Gasteiger partial charge in [-0.25, -0.2) is 4.39 Å². The van der Waals surface area contributed by atoms with E-state index in [9.17, 15) is 27.6 Å². The molecule has 3 aromatic rings. The number of benzene rings is 2. The minimum absolute atomic E-state index is 0.0636. The second kappa shape index (κ2) is 13.0. The lowest BCUT2D eigenvalue weighted by Gasteiger charge is -2.44. The van der Waals surface area contributed by atoms with Gasteiger partial charge in [0.25, 0.3) is 11.8 Å². The van der Waals surface area contributed by atoms with Crippen LogP contribution in [0.5, 0.6) is 0 Å². The Hall–Kier alpha value is -4.23. The second-order valence-electron chi connectivity index (χ2n) is 10.7. The molecule has 0 unspecified atom stereocenters. The second-order valence-corrected chi connectivity index (χ2v) is 10.7. The number of pyridine rings is 1. The van der Waals surface area contributed by atoms with Gasteiger partial charge in [-0.05, 0) is 69.8 Å². The SMILES string of the molecule is C[C@@H]1CN(c2ccc(-c3cc(C(=O)NCCCN)ccc3F)cc2NC(=O)c2c[nH]c(=O)cc2C(F)(F)F)C[C@H](C)N1C. The van der Waals surface area contributed by atoms with Crippen molar-refractivity contribution in [3.05, 3.63) is 81.5 Å². The molecule has 230 valence electrons. The summed E-state index contributed by atoms with van der Waals surface area (Å²) in [5.41, 5.74) is 3.54. The Morgan fingerprint density at radius 2 is 1.74 bits per heavy atom. The van der Waals surface area contributed by atoms with Crippen molar-refractivity contribution in [2.75, 3.05) is 43.4 Å². The molecular formula is C30H34F4N6O3. The summed E-state index contributed by atoms with van der Waals surface area (Å²) in [7, 11) is 2.00. The van der Waals surface area contributed by atoms with E-state index in [1.54, 1.807) is 12.1 Å². The summed E-state index contributed by atoms with van der Waals surface area (Å²) in [5, 5.41) is 5.28. The van der Waals surface area contributed by atoms with Gasteiger partial charge in [0.15, 0.2) is 0 Å². The molecule has 2 heterocycles. The van der Waals surface area contributed by atoms with Crippen LogP contribution in [0.1, 0.15) is 46.5 Å². The molecule has 0 bridgehead atoms. The molecule has 1 fully saturated rings. The van der Waals surface area contributed by atoms with Crippen molar-refractivity contribution in [2.24, 2.45) is 5.73 Å². The normalized spacial score (nSPS) is 17.5. The molecule has 0 aliphatic carbocycles. The number of nitrogens with two attached hydrogens (primary N) is 1. The van der Waals surface area contributed by atoms with E-state index in [0.717, 1.165) is 12.3 Å². The van der Waals surface area contributed by atoms with Crippen LogP contribution in [-0.4, -0.2) is 67.0 Å². The quantitative estimate of drug-likeness (QED) is 0.228. The third-order valence-electron chi connectivity index (χ3n) is 7.63. The zero-order valence-corrected chi connectivity index (χ0v) is 24.0. The van der Waals surface area contributed by atoms with Crippen molar-refractivity contribution in [3.8, 4) is 11.1 Å². The standard InChI is InChI=1S/C30H34F4N6O3/c1-17-15-40(16-18(2)39(17)3)26-8-6-19(21-11-20(5-7-24(21)31)28(42)36-10-4-9-35)12-25(26)38-29(43)22-14-37-27(41)13-23(22)30(32,33)34/h5-8,11-14,17-18H,4,9-10,15-16,35H2,1-3H3,(H,36,42)(H,37,41)(H,38,43)/t17-,18+. The molecule has 2 amide bonds. The highest BCUT2D eigenvalue weighted by Gasteiger charge is 2.36. The molecule has 0 radical (unpaired) electrons. The number of amides is 2. The number of carbonyl (C=O) groups is 2. The van der Waals surface area contributed by atoms with E-state index >= 15 is 4.39 Å². The lowest BCUT2D eigenvalue weighted by Crippen LogP contribution is -2.55. The Balaban J connectivity index is 1.78. The number of hydrogen-bond donors (Lipinski definition) is 4. The summed E-state index contributed by atoms with van der Waals surface area (Å²) in [6.45, 7) is 5.92. The van der Waals surface area contributed by atoms with E-state index in [1.807, 2.05) is 25.8 Å². The molecule has 2 aromatic carbocycles. The largest absolute Gasteiger partial charge is 0.417 e. The molecule has 4 rings (SSSR count). The molecule has 1 aliphatic heterocycles. The maximum atomic E-state index is 15.1. The Morgan fingerprint density at radius 3 is 2.40 bits per heavy atom. The van der Waals surface area contributed by atoms with E-state index in [1.165, 1.54) is 18.2 Å². The first kappa shape index (κ1) is 31.7. The van der Waals surface area contributed by atoms with Crippen molar-refractivity contribution in [1.29, 1.82) is 0 Å². The maximum Gasteiger partial charge on any atom is 0.417 e. The average Bonchev–Trinajstić information content (AvgIpc) is 2.95. The number of alkyl halides is 3. The van der Waals surface area contributed by atoms with Gasteiger partial charge < -0.3 is 26.3 Å². The van der Waals surface area contributed by atoms with Crippen LogP contribution in [0.25, 0.3) is 11.1 Å². The highest BCUT2D eigenvalue weighted by atomic mass is 19.4. The van der Waals surface area contributed by atoms with Crippen LogP contribution in [0.3, 0.4) is 0 Å². The van der Waals surface area contributed by atoms with Crippen molar-refractivity contribution >= 4 is 23.2 Å². The summed E-state index contributed by atoms with van der Waals surface area (Å²) >= 11 is 0. The average molecular weight is 603 g/mol. The zero-order valence-electron chi connectivity index (χ0n) is 24.0. The molecule has 2 atom stereocenters. The van der Waals surface area contributed by atoms with Gasteiger partial charge >= 0.3 is 6.18 Å². The van der Waals surface area contributed by atoms with Crippen molar-refractivity contribution < 1.29 is 27.2 Å². The van der Waals surface area contributed by atoms with Crippen LogP contribution in [0, 0.1) is 5.82 Å². The number of aromatic amines is 1. The monoisotopic (exact) mass is 602 g/mol. The highest BCUT2D eigenvalue weighted by Crippen LogP contribution is 2.36. The highest BCUT2D eigenvalue weighted by molar-refractivity contribution is 6.07. The summed E-state index contributed by atoms with van der Waals surface area (Å²) < 4.78 is 56.3. The Bertz CT molecular complexity index is 1550. The summed E-state index contributed by atoms with van der Waals surface area (Å²) in [6.07, 6.45) is -3.67. The van der Waals surface area contributed by atoms with Crippen LogP contribution < -0.4 is 26.8 Å². The molecule has 1 saturated heterocycles. The topological polar surface area (TPSA) is 124 Å². The zero-order chi connectivity index (χ0) is 31.5. The van der Waals surface area contributed by atoms with Gasteiger partial charge in [-0.2, -0.15) is 13.2 Å². The van der Waals surface area contributed by atoms with E-state index < -0.39 is 40.5 Å². The van der Waals surface area contributed by atoms with Gasteiger partial charge in [0.1, 0.15) is 5.82 Å². The van der Waals surface area contributed by atoms with Gasteiger partial charge in [0.2, 0.25) is 5.56 Å². The summed E-state index contributed by atoms with van der Waals surface area (Å²) in [4.78, 5) is 43.9. The Kier molecular flexibility index (Phi) is 9.55. The Morgan fingerprint density at radius 1 is 1.05 bits per heavy atom. The first-order valence-electron chi connectivity index (χ1n) is 13.8. The number of piperazine rings is 1. The van der Waals surface area contributed by atoms with Gasteiger partial charge in [-0.1, -0.05) is 6.07 Å². The van der Waals surface area contributed by atoms with Crippen molar-refractivity contribution in [3.63, 3.8) is 0 Å². The lowest BCUT2D eigenvalue weighted by molar-refractivity contribution is -0.138. The number of carbonyl (C=O) groups excluding carboxylic acids is 2. The van der Waals surface area contributed by atoms with E-state index in [4.69, 9.17) is 5.73 Å². The van der Waals surface area contributed by atoms with Crippen LogP contribution in [0.15, 0.2) is 53.5 Å². The first-order chi connectivity index (χ1) is 20.3. The Labute approximate surface area is 246 Å². The van der Waals surface area contributed by atoms with Crippen LogP contribution in [0.2, 0.25) is 0 Å². The number of hydrogen-bond acceptors (Lipinski definition) is 6. The number of halogens is 4. The van der Waals surface area contributed by atoms with Gasteiger partial charge in [0, 0.05) is 55.1 Å². The molecule has 9 nitrogen and oxygen atoms in total. The van der Waals surface area contributed by atoms with Gasteiger partial charge in [-0.15, -0.1) is 0 Å². The summed E-state index contributed by atoms with van der Waals surface area (Å²) in [5.74, 6) is -2.16. The predicted octanol–water partition coefficient (Wildman–Crippen LogP) is 4.06. The molecule has 0 saturated carbocycles. The number of anilines is 2. The van der Waals surface area contributed by atoms with Gasteiger partial charge in [0.05, 0.1) is 22.5 Å². The smallest absolute Gasteiger partial charge is 0.367 e. The predicted molar refractivity (Wildman–Crippen MR) is 157 cm³/mol. The lowest BCUT2D eigenvalue weighted by atomic mass is 9.99. The number of rotatable bonds is 8. The minimum atomic E-state index is -4.96. The number of aromatic nitrogens is 1. The fourth-order valence-electron chi connectivity index (χ4n) is 5.06. The molecule has 13 heteroatoms. The minimum Gasteiger partial charge on any atom is -0.367 e. The van der Waals surface area contributed by atoms with E-state index in [-0.39, 0.29) is 28.9 Å². The maximum absolute atomic E-state index is 15.1. The fraction of sp³-hybridized carbons (Fsp3) is 0.367. The summed E-state index contributed by atoms with van der Waals surface area (Å²) in [6, 6.07) is 9.20. The molecule has 0 spiro atoms. The van der Waals surface area contributed by atoms with Crippen LogP contribution >= 0.6 is 0 Å². The first-order valence-corrected chi connectivity index (χ1v) is 13.8. The van der Waals surface area contributed by atoms with E-state index in [2.05, 4.69) is 20.5 Å². The number of H-pyrrole nitrogens is 1. The molecule has 5 N–H and O–H groups in total. The third kappa shape index (κ3) is 7.23. The van der Waals surface area contributed by atoms with Crippen LogP contribution in [0.4, 0.5) is 28.9 Å². The van der Waals surface area contributed by atoms with Crippen molar-refractivity contribution in [2.45, 2.75) is 38.5 Å². The number of nitrogens with one attached hydrogen (secondary N) is 3. The molecule has 43 heavy (non-hydrogen) atoms. The number of likely N-dealkylation sites (N-methyl/N-ethyl adjacent to an activating group) is 1. The van der Waals surface area contributed by atoms with Gasteiger partial charge in [-0.3, -0.25) is 19.3 Å². The number of nitrogens with zero attached hydrogens (tertiary/aromatic N) is 2.